The molecule has 0 N–H and O–H groups in total. The van der Waals surface area contributed by atoms with Gasteiger partial charge < -0.3 is 4.74 Å². The summed E-state index contributed by atoms with van der Waals surface area (Å²) in [5, 5.41) is 11.2. The van der Waals surface area contributed by atoms with Crippen LogP contribution in [0.15, 0.2) is 30.5 Å². The molecule has 1 heterocycles. The highest BCUT2D eigenvalue weighted by molar-refractivity contribution is 7.16. The smallest absolute Gasteiger partial charge is 0.349 e. The Bertz CT molecular complexity index is 624. The van der Waals surface area contributed by atoms with E-state index in [0.29, 0.717) is 22.1 Å². The maximum absolute atomic E-state index is 11.5. The molecule has 0 saturated carbocycles. The van der Waals surface area contributed by atoms with Crippen molar-refractivity contribution in [3.63, 3.8) is 0 Å². The van der Waals surface area contributed by atoms with Crippen LogP contribution in [0.5, 0.6) is 0 Å². The zero-order valence-corrected chi connectivity index (χ0v) is 10.8. The predicted molar refractivity (Wildman–Crippen MR) is 70.2 cm³/mol. The number of carbonyl (C=O) groups is 1. The van der Waals surface area contributed by atoms with Gasteiger partial charge in [0.1, 0.15) is 9.88 Å². The Morgan fingerprint density at radius 1 is 1.53 bits per heavy atom. The molecule has 1 aromatic heterocycles. The molecule has 6 nitrogen and oxygen atoms in total. The van der Waals surface area contributed by atoms with Crippen LogP contribution in [0, 0.1) is 10.1 Å². The van der Waals surface area contributed by atoms with Gasteiger partial charge in [0, 0.05) is 17.7 Å². The van der Waals surface area contributed by atoms with Crippen molar-refractivity contribution in [1.82, 2.24) is 4.98 Å². The summed E-state index contributed by atoms with van der Waals surface area (Å²) in [4.78, 5) is 26.2. The zero-order chi connectivity index (χ0) is 13.8. The van der Waals surface area contributed by atoms with Gasteiger partial charge >= 0.3 is 5.97 Å². The standard InChI is InChI=1S/C12H10N2O4S/c1-2-18-12(15)10-7-13-11(19-10)8-4-3-5-9(6-8)14(16)17/h3-7H,2H2,1H3. The number of rotatable bonds is 4. The Hall–Kier alpha value is -2.28. The van der Waals surface area contributed by atoms with Gasteiger partial charge in [0.05, 0.1) is 17.7 Å². The zero-order valence-electron chi connectivity index (χ0n) is 10.0. The van der Waals surface area contributed by atoms with E-state index >= 15 is 0 Å². The number of thiazole rings is 1. The summed E-state index contributed by atoms with van der Waals surface area (Å²) in [5.41, 5.74) is 0.597. The molecule has 98 valence electrons. The average Bonchev–Trinajstić information content (AvgIpc) is 2.89. The lowest BCUT2D eigenvalue weighted by Gasteiger charge is -1.97. The number of ether oxygens (including phenoxy) is 1. The molecule has 0 bridgehead atoms. The minimum absolute atomic E-state index is 0.00890. The number of hydrogen-bond donors (Lipinski definition) is 0. The maximum atomic E-state index is 11.5. The molecule has 7 heteroatoms. The highest BCUT2D eigenvalue weighted by atomic mass is 32.1. The highest BCUT2D eigenvalue weighted by Crippen LogP contribution is 2.28. The minimum atomic E-state index is -0.469. The van der Waals surface area contributed by atoms with Gasteiger partial charge in [-0.15, -0.1) is 11.3 Å². The molecule has 0 unspecified atom stereocenters. The number of esters is 1. The number of hydrogen-bond acceptors (Lipinski definition) is 6. The Morgan fingerprint density at radius 3 is 3.00 bits per heavy atom. The van der Waals surface area contributed by atoms with Crippen molar-refractivity contribution in [1.29, 1.82) is 0 Å². The van der Waals surface area contributed by atoms with E-state index in [1.165, 1.54) is 18.3 Å². The molecule has 1 aromatic carbocycles. The third kappa shape index (κ3) is 2.94. The fourth-order valence-electron chi connectivity index (χ4n) is 1.46. The summed E-state index contributed by atoms with van der Waals surface area (Å²) in [7, 11) is 0. The van der Waals surface area contributed by atoms with E-state index in [4.69, 9.17) is 4.74 Å². The molecule has 2 rings (SSSR count). The normalized spacial score (nSPS) is 10.2. The Kier molecular flexibility index (Phi) is 3.86. The summed E-state index contributed by atoms with van der Waals surface area (Å²) in [6.07, 6.45) is 1.41. The minimum Gasteiger partial charge on any atom is -0.462 e. The van der Waals surface area contributed by atoms with E-state index in [0.717, 1.165) is 11.3 Å². The second kappa shape index (κ2) is 5.57. The van der Waals surface area contributed by atoms with Crippen LogP contribution >= 0.6 is 11.3 Å². The van der Waals surface area contributed by atoms with Gasteiger partial charge in [0.2, 0.25) is 0 Å². The molecule has 0 aliphatic carbocycles. The maximum Gasteiger partial charge on any atom is 0.349 e. The number of benzene rings is 1. The summed E-state index contributed by atoms with van der Waals surface area (Å²) >= 11 is 1.15. The van der Waals surface area contributed by atoms with Gasteiger partial charge in [0.15, 0.2) is 0 Å². The molecule has 0 spiro atoms. The van der Waals surface area contributed by atoms with Crippen molar-refractivity contribution >= 4 is 23.0 Å². The fourth-order valence-corrected chi connectivity index (χ4v) is 2.26. The van der Waals surface area contributed by atoms with E-state index in [2.05, 4.69) is 4.98 Å². The third-order valence-corrected chi connectivity index (χ3v) is 3.31. The van der Waals surface area contributed by atoms with E-state index in [9.17, 15) is 14.9 Å². The topological polar surface area (TPSA) is 82.3 Å². The molecule has 0 fully saturated rings. The van der Waals surface area contributed by atoms with E-state index in [-0.39, 0.29) is 5.69 Å². The van der Waals surface area contributed by atoms with Gasteiger partial charge in [-0.25, -0.2) is 9.78 Å². The van der Waals surface area contributed by atoms with Gasteiger partial charge in [-0.3, -0.25) is 10.1 Å². The van der Waals surface area contributed by atoms with Crippen LogP contribution in [-0.2, 0) is 4.74 Å². The van der Waals surface area contributed by atoms with E-state index < -0.39 is 10.9 Å². The van der Waals surface area contributed by atoms with Crippen LogP contribution in [0.25, 0.3) is 10.6 Å². The first-order valence-electron chi connectivity index (χ1n) is 5.49. The van der Waals surface area contributed by atoms with Gasteiger partial charge in [0.25, 0.3) is 5.69 Å². The predicted octanol–water partition coefficient (Wildman–Crippen LogP) is 2.90. The largest absolute Gasteiger partial charge is 0.462 e. The van der Waals surface area contributed by atoms with Gasteiger partial charge in [-0.1, -0.05) is 12.1 Å². The summed E-state index contributed by atoms with van der Waals surface area (Å²) in [6, 6.07) is 6.12. The van der Waals surface area contributed by atoms with E-state index in [1.807, 2.05) is 0 Å². The van der Waals surface area contributed by atoms with Crippen molar-refractivity contribution in [3.05, 3.63) is 45.5 Å². The number of nitro benzene ring substituents is 1. The van der Waals surface area contributed by atoms with Crippen LogP contribution in [0.1, 0.15) is 16.6 Å². The quantitative estimate of drug-likeness (QED) is 0.488. The molecule has 19 heavy (non-hydrogen) atoms. The lowest BCUT2D eigenvalue weighted by atomic mass is 10.2. The Balaban J connectivity index is 2.30. The van der Waals surface area contributed by atoms with Crippen LogP contribution < -0.4 is 0 Å². The summed E-state index contributed by atoms with van der Waals surface area (Å²) in [5.74, 6) is -0.434. The molecule has 0 aliphatic rings. The van der Waals surface area contributed by atoms with Crippen LogP contribution in [-0.4, -0.2) is 22.5 Å². The number of nitro groups is 1. The van der Waals surface area contributed by atoms with Gasteiger partial charge in [-0.05, 0) is 6.92 Å². The highest BCUT2D eigenvalue weighted by Gasteiger charge is 2.14. The number of aromatic nitrogens is 1. The summed E-state index contributed by atoms with van der Waals surface area (Å²) < 4.78 is 4.86. The lowest BCUT2D eigenvalue weighted by molar-refractivity contribution is -0.384. The van der Waals surface area contributed by atoms with E-state index in [1.54, 1.807) is 19.1 Å². The first-order chi connectivity index (χ1) is 9.11. The molecule has 0 amide bonds. The first kappa shape index (κ1) is 13.2. The monoisotopic (exact) mass is 278 g/mol. The molecule has 0 radical (unpaired) electrons. The molecule has 0 saturated heterocycles. The number of non-ortho nitro benzene ring substituents is 1. The van der Waals surface area contributed by atoms with Crippen LogP contribution in [0.2, 0.25) is 0 Å². The van der Waals surface area contributed by atoms with Crippen molar-refractivity contribution < 1.29 is 14.5 Å². The number of nitrogens with zero attached hydrogens (tertiary/aromatic N) is 2. The Morgan fingerprint density at radius 2 is 2.32 bits per heavy atom. The molecule has 2 aromatic rings. The first-order valence-corrected chi connectivity index (χ1v) is 6.31. The Labute approximate surface area is 112 Å². The fraction of sp³-hybridized carbons (Fsp3) is 0.167. The van der Waals surface area contributed by atoms with Crippen LogP contribution in [0.3, 0.4) is 0 Å². The van der Waals surface area contributed by atoms with Crippen molar-refractivity contribution in [2.24, 2.45) is 0 Å². The molecular weight excluding hydrogens is 268 g/mol. The van der Waals surface area contributed by atoms with Crippen molar-refractivity contribution in [3.8, 4) is 10.6 Å². The second-order valence-electron chi connectivity index (χ2n) is 3.56. The van der Waals surface area contributed by atoms with Gasteiger partial charge in [-0.2, -0.15) is 0 Å². The van der Waals surface area contributed by atoms with Crippen LogP contribution in [0.4, 0.5) is 5.69 Å². The summed E-state index contributed by atoms with van der Waals surface area (Å²) in [6.45, 7) is 2.02. The van der Waals surface area contributed by atoms with Crippen molar-refractivity contribution in [2.45, 2.75) is 6.92 Å². The lowest BCUT2D eigenvalue weighted by Crippen LogP contribution is -2.01. The SMILES string of the molecule is CCOC(=O)c1cnc(-c2cccc([N+](=O)[O-])c2)s1. The molecular formula is C12H10N2O4S. The number of carbonyl (C=O) groups excluding carboxylic acids is 1. The van der Waals surface area contributed by atoms with Crippen molar-refractivity contribution in [2.75, 3.05) is 6.61 Å². The molecule has 0 aliphatic heterocycles. The molecule has 0 atom stereocenters. The third-order valence-electron chi connectivity index (χ3n) is 2.29. The average molecular weight is 278 g/mol. The second-order valence-corrected chi connectivity index (χ2v) is 4.59.